The van der Waals surface area contributed by atoms with Gasteiger partial charge in [0.2, 0.25) is 5.91 Å². The molecule has 2 N–H and O–H groups in total. The van der Waals surface area contributed by atoms with E-state index in [1.165, 1.54) is 5.57 Å². The fraction of sp³-hybridized carbons (Fsp3) is 0.571. The molecule has 3 atom stereocenters. The molecular formula is C14H22N2OP+. The quantitative estimate of drug-likeness (QED) is 0.788. The van der Waals surface area contributed by atoms with Gasteiger partial charge in [-0.2, -0.15) is 0 Å². The standard InChI is InChI=1S/C14H21N2OP/c1-18(2)10-16-8-12(13(9-16)14(15)17)11-6-4-3-5-7-11/h4,6-7,12-13H,1,3,5,8-10H2,2H3,(H-,15,17)/p+1. The summed E-state index contributed by atoms with van der Waals surface area (Å²) in [4.78, 5) is 14.0. The number of likely N-dealkylation sites (tertiary alicyclic amines) is 1. The maximum absolute atomic E-state index is 11.6. The molecule has 0 bridgehead atoms. The number of carbonyl (C=O) groups is 1. The molecule has 3 unspecified atom stereocenters. The number of nitrogens with zero attached hydrogens (tertiary/aromatic N) is 1. The summed E-state index contributed by atoms with van der Waals surface area (Å²) in [6, 6.07) is 0. The van der Waals surface area contributed by atoms with E-state index in [-0.39, 0.29) is 25.3 Å². The van der Waals surface area contributed by atoms with Crippen molar-refractivity contribution < 1.29 is 4.79 Å². The molecule has 0 spiro atoms. The third-order valence-corrected chi connectivity index (χ3v) is 4.54. The van der Waals surface area contributed by atoms with Gasteiger partial charge in [-0.25, -0.2) is 0 Å². The molecule has 18 heavy (non-hydrogen) atoms. The van der Waals surface area contributed by atoms with Gasteiger partial charge >= 0.3 is 0 Å². The van der Waals surface area contributed by atoms with Crippen LogP contribution in [0.2, 0.25) is 0 Å². The van der Waals surface area contributed by atoms with Crippen LogP contribution in [0.5, 0.6) is 0 Å². The number of nitrogens with two attached hydrogens (primary N) is 1. The Balaban J connectivity index is 2.11. The molecule has 98 valence electrons. The van der Waals surface area contributed by atoms with E-state index < -0.39 is 0 Å². The minimum absolute atomic E-state index is 0.0334. The zero-order valence-corrected chi connectivity index (χ0v) is 11.9. The van der Waals surface area contributed by atoms with Crippen molar-refractivity contribution in [3.63, 3.8) is 0 Å². The first-order chi connectivity index (χ1) is 8.58. The van der Waals surface area contributed by atoms with Gasteiger partial charge in [0.05, 0.1) is 26.4 Å². The lowest BCUT2D eigenvalue weighted by atomic mass is 9.85. The number of amides is 1. The second-order valence-electron chi connectivity index (χ2n) is 5.33. The molecule has 3 nitrogen and oxygen atoms in total. The van der Waals surface area contributed by atoms with Crippen LogP contribution >= 0.6 is 7.55 Å². The molecule has 0 saturated carbocycles. The molecule has 1 saturated heterocycles. The highest BCUT2D eigenvalue weighted by Gasteiger charge is 2.38. The third kappa shape index (κ3) is 3.09. The Morgan fingerprint density at radius 1 is 1.56 bits per heavy atom. The summed E-state index contributed by atoms with van der Waals surface area (Å²) in [7, 11) is -0.200. The van der Waals surface area contributed by atoms with Gasteiger partial charge in [-0.3, -0.25) is 9.69 Å². The largest absolute Gasteiger partial charge is 0.369 e. The molecular weight excluding hydrogens is 243 g/mol. The molecule has 4 heteroatoms. The first-order valence-electron chi connectivity index (χ1n) is 6.48. The van der Waals surface area contributed by atoms with Gasteiger partial charge in [0.15, 0.2) is 6.29 Å². The van der Waals surface area contributed by atoms with Gasteiger partial charge in [-0.1, -0.05) is 18.2 Å². The number of carbonyl (C=O) groups excluding carboxylic acids is 1. The monoisotopic (exact) mass is 265 g/mol. The van der Waals surface area contributed by atoms with Crippen LogP contribution in [0, 0.1) is 11.8 Å². The molecule has 1 aliphatic heterocycles. The molecule has 0 aromatic heterocycles. The van der Waals surface area contributed by atoms with Crippen molar-refractivity contribution in [2.24, 2.45) is 17.6 Å². The molecule has 0 aromatic carbocycles. The van der Waals surface area contributed by atoms with Crippen molar-refractivity contribution in [1.82, 2.24) is 4.90 Å². The highest BCUT2D eigenvalue weighted by atomic mass is 31.1. The highest BCUT2D eigenvalue weighted by molar-refractivity contribution is 7.54. The zero-order chi connectivity index (χ0) is 13.1. The first-order valence-corrected chi connectivity index (χ1v) is 8.63. The minimum atomic E-state index is -0.200. The van der Waals surface area contributed by atoms with Crippen molar-refractivity contribution in [2.45, 2.75) is 12.8 Å². The summed E-state index contributed by atoms with van der Waals surface area (Å²) in [5.74, 6) is 0.0924. The van der Waals surface area contributed by atoms with Crippen LogP contribution in [0.4, 0.5) is 0 Å². The topological polar surface area (TPSA) is 46.3 Å². The predicted molar refractivity (Wildman–Crippen MR) is 79.0 cm³/mol. The van der Waals surface area contributed by atoms with Crippen LogP contribution in [0.1, 0.15) is 12.8 Å². The summed E-state index contributed by atoms with van der Waals surface area (Å²) in [6.45, 7) is 3.92. The smallest absolute Gasteiger partial charge is 0.222 e. The Kier molecular flexibility index (Phi) is 4.36. The zero-order valence-electron chi connectivity index (χ0n) is 11.0. The van der Waals surface area contributed by atoms with Crippen LogP contribution in [0.3, 0.4) is 0 Å². The summed E-state index contributed by atoms with van der Waals surface area (Å²) in [6.07, 6.45) is 13.9. The van der Waals surface area contributed by atoms with Gasteiger partial charge in [0, 0.05) is 19.0 Å². The normalized spacial score (nSPS) is 29.2. The molecule has 1 aliphatic carbocycles. The van der Waals surface area contributed by atoms with Crippen LogP contribution in [-0.2, 0) is 4.79 Å². The van der Waals surface area contributed by atoms with Crippen LogP contribution < -0.4 is 5.73 Å². The second kappa shape index (κ2) is 5.81. The average Bonchev–Trinajstić information content (AvgIpc) is 2.73. The lowest BCUT2D eigenvalue weighted by molar-refractivity contribution is -0.122. The SMILES string of the molecule is C=[P+](C)CN1CC(C(N)=O)C(C2=CCCC=C2)C1. The van der Waals surface area contributed by atoms with Crippen LogP contribution in [0.15, 0.2) is 23.8 Å². The fourth-order valence-corrected chi connectivity index (χ4v) is 3.79. The third-order valence-electron chi connectivity index (χ3n) is 3.65. The molecule has 1 amide bonds. The van der Waals surface area contributed by atoms with E-state index >= 15 is 0 Å². The van der Waals surface area contributed by atoms with Crippen LogP contribution in [0.25, 0.3) is 0 Å². The van der Waals surface area contributed by atoms with E-state index in [0.717, 1.165) is 32.2 Å². The van der Waals surface area contributed by atoms with Gasteiger partial charge < -0.3 is 5.73 Å². The van der Waals surface area contributed by atoms with Crippen molar-refractivity contribution in [3.8, 4) is 0 Å². The van der Waals surface area contributed by atoms with E-state index in [2.05, 4.69) is 36.1 Å². The fourth-order valence-electron chi connectivity index (χ4n) is 2.88. The summed E-state index contributed by atoms with van der Waals surface area (Å²) < 4.78 is 0. The van der Waals surface area contributed by atoms with Gasteiger partial charge in [-0.05, 0) is 18.4 Å². The number of hydrogen-bond acceptors (Lipinski definition) is 2. The van der Waals surface area contributed by atoms with Gasteiger partial charge in [0.1, 0.15) is 0 Å². The van der Waals surface area contributed by atoms with E-state index in [4.69, 9.17) is 5.73 Å². The van der Waals surface area contributed by atoms with Crippen molar-refractivity contribution in [1.29, 1.82) is 0 Å². The van der Waals surface area contributed by atoms with E-state index in [9.17, 15) is 4.79 Å². The maximum Gasteiger partial charge on any atom is 0.222 e. The molecule has 2 aliphatic rings. The Morgan fingerprint density at radius 3 is 2.89 bits per heavy atom. The molecule has 0 aromatic rings. The highest BCUT2D eigenvalue weighted by Crippen LogP contribution is 2.33. The number of allylic oxidation sites excluding steroid dienone is 3. The molecule has 0 radical (unpaired) electrons. The Bertz CT molecular complexity index is 414. The average molecular weight is 265 g/mol. The van der Waals surface area contributed by atoms with Gasteiger partial charge in [-0.15, -0.1) is 0 Å². The molecule has 2 rings (SSSR count). The molecule has 1 heterocycles. The van der Waals surface area contributed by atoms with Gasteiger partial charge in [0.25, 0.3) is 0 Å². The Labute approximate surface area is 110 Å². The van der Waals surface area contributed by atoms with E-state index in [1.807, 2.05) is 0 Å². The van der Waals surface area contributed by atoms with Crippen molar-refractivity contribution in [3.05, 3.63) is 23.8 Å². The Morgan fingerprint density at radius 2 is 2.33 bits per heavy atom. The minimum Gasteiger partial charge on any atom is -0.369 e. The summed E-state index contributed by atoms with van der Waals surface area (Å²) >= 11 is 0. The van der Waals surface area contributed by atoms with Crippen LogP contribution in [-0.4, -0.2) is 43.1 Å². The predicted octanol–water partition coefficient (Wildman–Crippen LogP) is 1.80. The number of rotatable bonds is 4. The number of primary amides is 1. The lowest BCUT2D eigenvalue weighted by Gasteiger charge is -2.18. The molecule has 1 fully saturated rings. The maximum atomic E-state index is 11.6. The summed E-state index contributed by atoms with van der Waals surface area (Å²) in [5.41, 5.74) is 6.86. The van der Waals surface area contributed by atoms with E-state index in [0.29, 0.717) is 0 Å². The second-order valence-corrected chi connectivity index (χ2v) is 7.33. The van der Waals surface area contributed by atoms with Crippen molar-refractivity contribution >= 4 is 19.8 Å². The lowest BCUT2D eigenvalue weighted by Crippen LogP contribution is -2.30. The van der Waals surface area contributed by atoms with E-state index in [1.54, 1.807) is 0 Å². The number of hydrogen-bond donors (Lipinski definition) is 1. The van der Waals surface area contributed by atoms with Crippen molar-refractivity contribution in [2.75, 3.05) is 26.0 Å². The first kappa shape index (κ1) is 13.5. The Hall–Kier alpha value is -0.920. The summed E-state index contributed by atoms with van der Waals surface area (Å²) in [5, 5.41) is 0.